The van der Waals surface area contributed by atoms with Crippen molar-refractivity contribution in [1.82, 2.24) is 0 Å². The lowest BCUT2D eigenvalue weighted by Crippen LogP contribution is -2.30. The summed E-state index contributed by atoms with van der Waals surface area (Å²) in [4.78, 5) is 37.8. The molecule has 0 N–H and O–H groups in total. The molecule has 0 saturated carbocycles. The molecule has 0 rings (SSSR count). The standard InChI is InChI=1S/C63H116O6/c1-4-7-10-13-16-18-20-22-23-24-25-26-27-28-29-30-31-32-33-34-35-36-37-38-39-40-41-42-44-45-47-50-53-56-62(65)68-59-60(58-67-61(64)55-52-49-15-12-9-6-3)69-63(66)57-54-51-48-46-43-21-19-17-14-11-8-5-2/h20,22,24-25,27-28,60H,4-19,21,23,26,29-59H2,1-3H3/b22-20-,25-24-,28-27-. The highest BCUT2D eigenvalue weighted by atomic mass is 16.6. The van der Waals surface area contributed by atoms with Gasteiger partial charge in [-0.05, 0) is 57.8 Å². The largest absolute Gasteiger partial charge is 0.462 e. The van der Waals surface area contributed by atoms with Gasteiger partial charge in [-0.25, -0.2) is 0 Å². The van der Waals surface area contributed by atoms with Gasteiger partial charge in [-0.1, -0.05) is 288 Å². The van der Waals surface area contributed by atoms with Gasteiger partial charge in [0.1, 0.15) is 13.2 Å². The second-order valence-corrected chi connectivity index (χ2v) is 20.6. The van der Waals surface area contributed by atoms with Gasteiger partial charge >= 0.3 is 17.9 Å². The maximum absolute atomic E-state index is 12.7. The Bertz CT molecular complexity index is 1160. The van der Waals surface area contributed by atoms with E-state index in [1.165, 1.54) is 218 Å². The summed E-state index contributed by atoms with van der Waals surface area (Å²) in [6, 6.07) is 0. The van der Waals surface area contributed by atoms with E-state index in [0.29, 0.717) is 19.3 Å². The van der Waals surface area contributed by atoms with Crippen LogP contribution in [0.5, 0.6) is 0 Å². The molecule has 0 bridgehead atoms. The zero-order chi connectivity index (χ0) is 50.0. The molecular formula is C63H116O6. The number of unbranched alkanes of at least 4 members (excludes halogenated alkanes) is 39. The second-order valence-electron chi connectivity index (χ2n) is 20.6. The minimum Gasteiger partial charge on any atom is -0.462 e. The fraction of sp³-hybridized carbons (Fsp3) is 0.857. The van der Waals surface area contributed by atoms with Gasteiger partial charge in [-0.3, -0.25) is 14.4 Å². The Kier molecular flexibility index (Phi) is 56.2. The fourth-order valence-corrected chi connectivity index (χ4v) is 9.04. The van der Waals surface area contributed by atoms with Crippen molar-refractivity contribution in [2.45, 2.75) is 335 Å². The summed E-state index contributed by atoms with van der Waals surface area (Å²) in [5.74, 6) is -0.860. The Morgan fingerprint density at radius 3 is 0.812 bits per heavy atom. The molecule has 1 unspecified atom stereocenters. The Labute approximate surface area is 429 Å². The smallest absolute Gasteiger partial charge is 0.306 e. The van der Waals surface area contributed by atoms with E-state index in [-0.39, 0.29) is 31.1 Å². The Morgan fingerprint density at radius 2 is 0.522 bits per heavy atom. The van der Waals surface area contributed by atoms with Crippen molar-refractivity contribution in [2.75, 3.05) is 13.2 Å². The number of hydrogen-bond acceptors (Lipinski definition) is 6. The highest BCUT2D eigenvalue weighted by molar-refractivity contribution is 5.71. The SMILES string of the molecule is CCCCCCC/C=C\C/C=C\C/C=C\CCCCCCCCCCCCCCCCCCCCC(=O)OCC(COC(=O)CCCCCCCC)OC(=O)CCCCCCCCCCCCCC. The van der Waals surface area contributed by atoms with Gasteiger partial charge in [0.05, 0.1) is 0 Å². The first-order valence-corrected chi connectivity index (χ1v) is 30.5. The number of carbonyl (C=O) groups is 3. The normalized spacial score (nSPS) is 12.2. The Hall–Kier alpha value is -2.37. The number of ether oxygens (including phenoxy) is 3. The van der Waals surface area contributed by atoms with Crippen LogP contribution < -0.4 is 0 Å². The molecule has 0 aliphatic heterocycles. The molecular weight excluding hydrogens is 853 g/mol. The summed E-state index contributed by atoms with van der Waals surface area (Å²) < 4.78 is 16.7. The van der Waals surface area contributed by atoms with Crippen LogP contribution in [0.1, 0.15) is 329 Å². The quantitative estimate of drug-likeness (QED) is 0.0261. The zero-order valence-corrected chi connectivity index (χ0v) is 46.3. The minimum atomic E-state index is -0.763. The van der Waals surface area contributed by atoms with Crippen molar-refractivity contribution in [1.29, 1.82) is 0 Å². The van der Waals surface area contributed by atoms with E-state index < -0.39 is 6.10 Å². The molecule has 0 spiro atoms. The average Bonchev–Trinajstić information content (AvgIpc) is 3.35. The lowest BCUT2D eigenvalue weighted by atomic mass is 10.0. The third-order valence-electron chi connectivity index (χ3n) is 13.6. The molecule has 404 valence electrons. The molecule has 0 fully saturated rings. The number of rotatable bonds is 56. The van der Waals surface area contributed by atoms with E-state index in [2.05, 4.69) is 57.2 Å². The maximum Gasteiger partial charge on any atom is 0.306 e. The molecule has 0 aliphatic rings. The van der Waals surface area contributed by atoms with Crippen molar-refractivity contribution in [3.63, 3.8) is 0 Å². The van der Waals surface area contributed by atoms with E-state index in [9.17, 15) is 14.4 Å². The summed E-state index contributed by atoms with van der Waals surface area (Å²) in [5, 5.41) is 0. The average molecular weight is 970 g/mol. The molecule has 6 heteroatoms. The molecule has 6 nitrogen and oxygen atoms in total. The van der Waals surface area contributed by atoms with E-state index in [0.717, 1.165) is 70.6 Å². The van der Waals surface area contributed by atoms with Crippen LogP contribution in [0.3, 0.4) is 0 Å². The lowest BCUT2D eigenvalue weighted by Gasteiger charge is -2.18. The van der Waals surface area contributed by atoms with Crippen LogP contribution in [-0.2, 0) is 28.6 Å². The van der Waals surface area contributed by atoms with Crippen LogP contribution in [0.4, 0.5) is 0 Å². The third kappa shape index (κ3) is 56.4. The third-order valence-corrected chi connectivity index (χ3v) is 13.6. The van der Waals surface area contributed by atoms with Crippen molar-refractivity contribution in [3.05, 3.63) is 36.5 Å². The van der Waals surface area contributed by atoms with Gasteiger partial charge in [0.2, 0.25) is 0 Å². The molecule has 0 heterocycles. The van der Waals surface area contributed by atoms with Crippen LogP contribution in [0.2, 0.25) is 0 Å². The van der Waals surface area contributed by atoms with Crippen LogP contribution in [0.25, 0.3) is 0 Å². The number of carbonyl (C=O) groups excluding carboxylic acids is 3. The molecule has 0 aromatic carbocycles. The molecule has 0 amide bonds. The zero-order valence-electron chi connectivity index (χ0n) is 46.3. The molecule has 0 aliphatic carbocycles. The summed E-state index contributed by atoms with van der Waals surface area (Å²) >= 11 is 0. The minimum absolute atomic E-state index is 0.0666. The second kappa shape index (κ2) is 58.2. The van der Waals surface area contributed by atoms with Gasteiger partial charge in [0, 0.05) is 19.3 Å². The Morgan fingerprint density at radius 1 is 0.290 bits per heavy atom. The van der Waals surface area contributed by atoms with E-state index in [4.69, 9.17) is 14.2 Å². The predicted octanol–water partition coefficient (Wildman–Crippen LogP) is 20.4. The predicted molar refractivity (Wildman–Crippen MR) is 298 cm³/mol. The van der Waals surface area contributed by atoms with Gasteiger partial charge in [-0.15, -0.1) is 0 Å². The maximum atomic E-state index is 12.7. The summed E-state index contributed by atoms with van der Waals surface area (Å²) in [5.41, 5.74) is 0. The first kappa shape index (κ1) is 66.6. The first-order chi connectivity index (χ1) is 34.0. The molecule has 1 atom stereocenters. The monoisotopic (exact) mass is 969 g/mol. The summed E-state index contributed by atoms with van der Waals surface area (Å²) in [6.45, 7) is 6.60. The van der Waals surface area contributed by atoms with Crippen molar-refractivity contribution >= 4 is 17.9 Å². The van der Waals surface area contributed by atoms with Crippen molar-refractivity contribution in [3.8, 4) is 0 Å². The van der Waals surface area contributed by atoms with Gasteiger partial charge < -0.3 is 14.2 Å². The van der Waals surface area contributed by atoms with Gasteiger partial charge in [0.15, 0.2) is 6.10 Å². The fourth-order valence-electron chi connectivity index (χ4n) is 9.04. The van der Waals surface area contributed by atoms with Gasteiger partial charge in [-0.2, -0.15) is 0 Å². The topological polar surface area (TPSA) is 78.9 Å². The van der Waals surface area contributed by atoms with Crippen LogP contribution >= 0.6 is 0 Å². The summed E-state index contributed by atoms with van der Waals surface area (Å²) in [6.07, 6.45) is 70.6. The van der Waals surface area contributed by atoms with E-state index >= 15 is 0 Å². The van der Waals surface area contributed by atoms with Crippen molar-refractivity contribution in [2.24, 2.45) is 0 Å². The number of allylic oxidation sites excluding steroid dienone is 6. The van der Waals surface area contributed by atoms with Crippen LogP contribution in [-0.4, -0.2) is 37.2 Å². The van der Waals surface area contributed by atoms with Gasteiger partial charge in [0.25, 0.3) is 0 Å². The summed E-state index contributed by atoms with van der Waals surface area (Å²) in [7, 11) is 0. The highest BCUT2D eigenvalue weighted by Gasteiger charge is 2.19. The van der Waals surface area contributed by atoms with Crippen molar-refractivity contribution < 1.29 is 28.6 Å². The lowest BCUT2D eigenvalue weighted by molar-refractivity contribution is -0.167. The Balaban J connectivity index is 3.90. The molecule has 0 aromatic rings. The van der Waals surface area contributed by atoms with E-state index in [1.54, 1.807) is 0 Å². The number of esters is 3. The molecule has 0 radical (unpaired) electrons. The first-order valence-electron chi connectivity index (χ1n) is 30.5. The molecule has 0 aromatic heterocycles. The highest BCUT2D eigenvalue weighted by Crippen LogP contribution is 2.17. The molecule has 69 heavy (non-hydrogen) atoms. The van der Waals surface area contributed by atoms with Crippen LogP contribution in [0, 0.1) is 0 Å². The van der Waals surface area contributed by atoms with E-state index in [1.807, 2.05) is 0 Å². The number of hydrogen-bond donors (Lipinski definition) is 0. The van der Waals surface area contributed by atoms with Crippen LogP contribution in [0.15, 0.2) is 36.5 Å². The molecule has 0 saturated heterocycles.